The minimum Gasteiger partial charge on any atom is -0.398 e. The Kier molecular flexibility index (Phi) is 14.4. The van der Waals surface area contributed by atoms with Gasteiger partial charge in [-0.2, -0.15) is 0 Å². The fourth-order valence-corrected chi connectivity index (χ4v) is 2.75. The van der Waals surface area contributed by atoms with E-state index in [9.17, 15) is 0 Å². The van der Waals surface area contributed by atoms with E-state index in [0.29, 0.717) is 5.70 Å². The smallest absolute Gasteiger partial charge is 0.114 e. The van der Waals surface area contributed by atoms with Gasteiger partial charge in [-0.3, -0.25) is 0 Å². The molecule has 4 heteroatoms. The molecule has 0 radical (unpaired) electrons. The van der Waals surface area contributed by atoms with Gasteiger partial charge in [-0.25, -0.2) is 0 Å². The number of hydrogen-bond acceptors (Lipinski definition) is 4. The topological polar surface area (TPSA) is 104 Å². The lowest BCUT2D eigenvalue weighted by atomic mass is 10.0. The predicted octanol–water partition coefficient (Wildman–Crippen LogP) is 3.84. The Bertz CT molecular complexity index is 272. The lowest BCUT2D eigenvalue weighted by Crippen LogP contribution is -2.32. The lowest BCUT2D eigenvalue weighted by Gasteiger charge is -2.12. The van der Waals surface area contributed by atoms with Crippen LogP contribution in [-0.4, -0.2) is 6.04 Å². The van der Waals surface area contributed by atoms with Crippen LogP contribution in [0.1, 0.15) is 96.8 Å². The predicted molar refractivity (Wildman–Crippen MR) is 97.9 cm³/mol. The Morgan fingerprint density at radius 1 is 0.636 bits per heavy atom. The molecule has 0 aliphatic heterocycles. The fourth-order valence-electron chi connectivity index (χ4n) is 2.75. The van der Waals surface area contributed by atoms with E-state index in [4.69, 9.17) is 22.9 Å². The van der Waals surface area contributed by atoms with E-state index in [-0.39, 0.29) is 11.9 Å². The van der Waals surface area contributed by atoms with E-state index in [0.717, 1.165) is 12.8 Å². The van der Waals surface area contributed by atoms with Crippen molar-refractivity contribution in [2.75, 3.05) is 0 Å². The van der Waals surface area contributed by atoms with Crippen LogP contribution in [0.5, 0.6) is 0 Å². The van der Waals surface area contributed by atoms with Crippen LogP contribution in [0.4, 0.5) is 0 Å². The third kappa shape index (κ3) is 12.8. The summed E-state index contributed by atoms with van der Waals surface area (Å²) in [5.74, 6) is 0.169. The Morgan fingerprint density at radius 3 is 1.36 bits per heavy atom. The van der Waals surface area contributed by atoms with Crippen molar-refractivity contribution in [1.82, 2.24) is 0 Å². The van der Waals surface area contributed by atoms with E-state index in [1.807, 2.05) is 0 Å². The zero-order valence-corrected chi connectivity index (χ0v) is 14.8. The summed E-state index contributed by atoms with van der Waals surface area (Å²) in [6.07, 6.45) is 18.5. The van der Waals surface area contributed by atoms with Crippen molar-refractivity contribution in [3.05, 3.63) is 11.5 Å². The molecule has 0 rings (SSSR count). The van der Waals surface area contributed by atoms with Crippen molar-refractivity contribution >= 4 is 0 Å². The molecule has 0 aliphatic carbocycles. The third-order valence-corrected chi connectivity index (χ3v) is 4.35. The molecular weight excluding hydrogens is 272 g/mol. The first-order valence-corrected chi connectivity index (χ1v) is 9.35. The van der Waals surface area contributed by atoms with E-state index >= 15 is 0 Å². The lowest BCUT2D eigenvalue weighted by molar-refractivity contribution is 0.527. The van der Waals surface area contributed by atoms with Gasteiger partial charge in [0, 0.05) is 6.04 Å². The highest BCUT2D eigenvalue weighted by molar-refractivity contribution is 5.10. The average molecular weight is 313 g/mol. The molecule has 0 aromatic carbocycles. The first-order valence-electron chi connectivity index (χ1n) is 9.35. The molecule has 0 fully saturated rings. The van der Waals surface area contributed by atoms with Crippen LogP contribution in [0, 0.1) is 0 Å². The fraction of sp³-hybridized carbons (Fsp3) is 0.889. The van der Waals surface area contributed by atoms with Gasteiger partial charge in [-0.05, 0) is 6.42 Å². The number of hydrogen-bond donors (Lipinski definition) is 4. The van der Waals surface area contributed by atoms with Gasteiger partial charge in [0.25, 0.3) is 0 Å². The highest BCUT2D eigenvalue weighted by atomic mass is 14.9. The van der Waals surface area contributed by atoms with Crippen LogP contribution < -0.4 is 22.9 Å². The van der Waals surface area contributed by atoms with Crippen molar-refractivity contribution < 1.29 is 0 Å². The summed E-state index contributed by atoms with van der Waals surface area (Å²) in [6, 6.07) is -0.183. The van der Waals surface area contributed by atoms with Gasteiger partial charge in [0.05, 0.1) is 5.70 Å². The van der Waals surface area contributed by atoms with Gasteiger partial charge in [0.1, 0.15) is 5.82 Å². The Labute approximate surface area is 138 Å². The van der Waals surface area contributed by atoms with Crippen molar-refractivity contribution in [3.63, 3.8) is 0 Å². The van der Waals surface area contributed by atoms with Gasteiger partial charge < -0.3 is 22.9 Å². The Morgan fingerprint density at radius 2 is 1.00 bits per heavy atom. The molecule has 0 bridgehead atoms. The first kappa shape index (κ1) is 21.1. The largest absolute Gasteiger partial charge is 0.398 e. The summed E-state index contributed by atoms with van der Waals surface area (Å²) in [5.41, 5.74) is 22.9. The highest BCUT2D eigenvalue weighted by Gasteiger charge is 2.07. The zero-order valence-electron chi connectivity index (χ0n) is 14.8. The molecule has 22 heavy (non-hydrogen) atoms. The molecule has 1 unspecified atom stereocenters. The molecule has 8 N–H and O–H groups in total. The first-order chi connectivity index (χ1) is 10.6. The summed E-state index contributed by atoms with van der Waals surface area (Å²) in [7, 11) is 0. The van der Waals surface area contributed by atoms with Gasteiger partial charge in [-0.1, -0.05) is 90.4 Å². The van der Waals surface area contributed by atoms with Gasteiger partial charge in [0.15, 0.2) is 0 Å². The van der Waals surface area contributed by atoms with Gasteiger partial charge >= 0.3 is 0 Å². The minimum absolute atomic E-state index is 0.169. The minimum atomic E-state index is -0.183. The van der Waals surface area contributed by atoms with Crippen molar-refractivity contribution in [3.8, 4) is 0 Å². The number of nitrogens with two attached hydrogens (primary N) is 4. The van der Waals surface area contributed by atoms with Crippen LogP contribution in [0.25, 0.3) is 0 Å². The molecule has 0 saturated heterocycles. The summed E-state index contributed by atoms with van der Waals surface area (Å²) in [6.45, 7) is 2.27. The maximum Gasteiger partial charge on any atom is 0.114 e. The second-order valence-corrected chi connectivity index (χ2v) is 6.55. The zero-order chi connectivity index (χ0) is 16.6. The maximum atomic E-state index is 5.91. The molecule has 0 aliphatic rings. The molecule has 0 aromatic rings. The molecule has 0 amide bonds. The van der Waals surface area contributed by atoms with Gasteiger partial charge in [0.2, 0.25) is 0 Å². The number of rotatable bonds is 15. The monoisotopic (exact) mass is 312 g/mol. The highest BCUT2D eigenvalue weighted by Crippen LogP contribution is 2.13. The van der Waals surface area contributed by atoms with E-state index < -0.39 is 0 Å². The van der Waals surface area contributed by atoms with Crippen molar-refractivity contribution in [2.45, 2.75) is 103 Å². The standard InChI is InChI=1S/C18H40N4/c1-2-3-4-5-6-7-8-9-10-11-12-13-14-15-16(19)17(20)18(21)22/h16H,2-15,19-22H2,1H3. The van der Waals surface area contributed by atoms with E-state index in [1.165, 1.54) is 77.0 Å². The van der Waals surface area contributed by atoms with Crippen LogP contribution in [0.15, 0.2) is 11.5 Å². The quantitative estimate of drug-likeness (QED) is 0.345. The Hall–Kier alpha value is -0.900. The maximum absolute atomic E-state index is 5.91. The van der Waals surface area contributed by atoms with Crippen molar-refractivity contribution in [1.29, 1.82) is 0 Å². The molecule has 0 aromatic heterocycles. The van der Waals surface area contributed by atoms with Crippen molar-refractivity contribution in [2.24, 2.45) is 22.9 Å². The normalized spacial score (nSPS) is 12.3. The number of unbranched alkanes of at least 4 members (excludes halogenated alkanes) is 12. The van der Waals surface area contributed by atoms with Gasteiger partial charge in [-0.15, -0.1) is 0 Å². The molecule has 132 valence electrons. The average Bonchev–Trinajstić information content (AvgIpc) is 2.50. The van der Waals surface area contributed by atoms with E-state index in [1.54, 1.807) is 0 Å². The molecule has 0 spiro atoms. The summed E-state index contributed by atoms with van der Waals surface area (Å²) in [5, 5.41) is 0. The molecule has 0 heterocycles. The molecule has 4 nitrogen and oxygen atoms in total. The van der Waals surface area contributed by atoms with Crippen LogP contribution in [0.3, 0.4) is 0 Å². The SMILES string of the molecule is CCCCCCCCCCCCCCCC(N)C(N)=C(N)N. The summed E-state index contributed by atoms with van der Waals surface area (Å²) >= 11 is 0. The second-order valence-electron chi connectivity index (χ2n) is 6.55. The molecular formula is C18H40N4. The molecule has 1 atom stereocenters. The second kappa shape index (κ2) is 15.0. The van der Waals surface area contributed by atoms with Crippen LogP contribution >= 0.6 is 0 Å². The summed E-state index contributed by atoms with van der Waals surface area (Å²) < 4.78 is 0. The summed E-state index contributed by atoms with van der Waals surface area (Å²) in [4.78, 5) is 0. The van der Waals surface area contributed by atoms with Crippen LogP contribution in [-0.2, 0) is 0 Å². The molecule has 0 saturated carbocycles. The van der Waals surface area contributed by atoms with Crippen LogP contribution in [0.2, 0.25) is 0 Å². The Balaban J connectivity index is 3.23. The third-order valence-electron chi connectivity index (χ3n) is 4.35. The van der Waals surface area contributed by atoms with E-state index in [2.05, 4.69) is 6.92 Å².